The van der Waals surface area contributed by atoms with Gasteiger partial charge in [0, 0.05) is 5.56 Å². The largest absolute Gasteiger partial charge is 0.289 e. The monoisotopic (exact) mass is 250 g/mol. The van der Waals surface area contributed by atoms with E-state index >= 15 is 0 Å². The van der Waals surface area contributed by atoms with Crippen LogP contribution in [-0.4, -0.2) is 5.78 Å². The van der Waals surface area contributed by atoms with E-state index in [4.69, 9.17) is 0 Å². The number of rotatable bonds is 4. The summed E-state index contributed by atoms with van der Waals surface area (Å²) in [5, 5.41) is 0. The van der Waals surface area contributed by atoms with Crippen molar-refractivity contribution in [3.8, 4) is 0 Å². The van der Waals surface area contributed by atoms with Crippen LogP contribution >= 0.6 is 0 Å². The minimum Gasteiger partial charge on any atom is -0.289 e. The predicted octanol–water partition coefficient (Wildman–Crippen LogP) is 4.71. The first-order valence-corrected chi connectivity index (χ1v) is 6.55. The highest BCUT2D eigenvalue weighted by molar-refractivity contribution is 6.06. The fourth-order valence-electron chi connectivity index (χ4n) is 2.05. The Balaban J connectivity index is 2.22. The second-order valence-corrected chi connectivity index (χ2v) is 4.85. The van der Waals surface area contributed by atoms with E-state index in [0.29, 0.717) is 5.92 Å². The smallest absolute Gasteiger partial charge is 0.185 e. The molecule has 0 heterocycles. The van der Waals surface area contributed by atoms with Gasteiger partial charge in [-0.25, -0.2) is 0 Å². The van der Waals surface area contributed by atoms with Crippen molar-refractivity contribution < 1.29 is 4.79 Å². The van der Waals surface area contributed by atoms with Crippen molar-refractivity contribution in [3.63, 3.8) is 0 Å². The van der Waals surface area contributed by atoms with Gasteiger partial charge in [0.15, 0.2) is 5.78 Å². The molecule has 2 aromatic rings. The van der Waals surface area contributed by atoms with Gasteiger partial charge in [-0.2, -0.15) is 0 Å². The highest BCUT2D eigenvalue weighted by atomic mass is 16.1. The van der Waals surface area contributed by atoms with Crippen molar-refractivity contribution in [3.05, 3.63) is 77.4 Å². The molecular formula is C18H18O. The minimum absolute atomic E-state index is 0.0409. The molecule has 2 rings (SSSR count). The van der Waals surface area contributed by atoms with Crippen molar-refractivity contribution in [1.29, 1.82) is 0 Å². The van der Waals surface area contributed by atoms with E-state index in [0.717, 1.165) is 11.1 Å². The molecule has 0 amide bonds. The van der Waals surface area contributed by atoms with E-state index in [9.17, 15) is 4.79 Å². The second-order valence-electron chi connectivity index (χ2n) is 4.85. The van der Waals surface area contributed by atoms with Gasteiger partial charge in [0.2, 0.25) is 0 Å². The molecule has 0 radical (unpaired) electrons. The number of carbonyl (C=O) groups excluding carboxylic acids is 1. The molecule has 96 valence electrons. The number of hydrogen-bond acceptors (Lipinski definition) is 1. The third-order valence-corrected chi connectivity index (χ3v) is 3.09. The number of ketones is 1. The SMILES string of the molecule is CC(C)c1ccccc1/C=C/C(=O)c1ccccc1. The summed E-state index contributed by atoms with van der Waals surface area (Å²) >= 11 is 0. The molecule has 0 fully saturated rings. The standard InChI is InChI=1S/C18H18O/c1-14(2)17-11-7-6-8-15(17)12-13-18(19)16-9-4-3-5-10-16/h3-14H,1-2H3/b13-12+. The Labute approximate surface area is 114 Å². The Bertz CT molecular complexity index is 580. The number of allylic oxidation sites excluding steroid dienone is 1. The Kier molecular flexibility index (Phi) is 4.30. The molecule has 0 aromatic heterocycles. The molecule has 2 aromatic carbocycles. The molecule has 0 N–H and O–H groups in total. The molecule has 0 atom stereocenters. The summed E-state index contributed by atoms with van der Waals surface area (Å²) in [6.45, 7) is 4.32. The van der Waals surface area contributed by atoms with Gasteiger partial charge in [0.1, 0.15) is 0 Å². The lowest BCUT2D eigenvalue weighted by Gasteiger charge is -2.08. The Morgan fingerprint density at radius 1 is 0.947 bits per heavy atom. The normalized spacial score (nSPS) is 11.1. The first-order valence-electron chi connectivity index (χ1n) is 6.55. The number of benzene rings is 2. The van der Waals surface area contributed by atoms with E-state index in [1.807, 2.05) is 54.6 Å². The van der Waals surface area contributed by atoms with E-state index in [-0.39, 0.29) is 5.78 Å². The lowest BCUT2D eigenvalue weighted by molar-refractivity contribution is 0.104. The van der Waals surface area contributed by atoms with E-state index in [1.54, 1.807) is 6.08 Å². The van der Waals surface area contributed by atoms with Crippen LogP contribution in [0.4, 0.5) is 0 Å². The molecule has 0 aliphatic rings. The molecule has 1 nitrogen and oxygen atoms in total. The highest BCUT2D eigenvalue weighted by Crippen LogP contribution is 2.20. The molecule has 0 bridgehead atoms. The molecule has 19 heavy (non-hydrogen) atoms. The minimum atomic E-state index is 0.0409. The molecule has 1 heteroatoms. The van der Waals surface area contributed by atoms with Crippen LogP contribution in [0.1, 0.15) is 41.3 Å². The van der Waals surface area contributed by atoms with Gasteiger partial charge in [-0.3, -0.25) is 4.79 Å². The number of hydrogen-bond donors (Lipinski definition) is 0. The van der Waals surface area contributed by atoms with Crippen LogP contribution in [0.15, 0.2) is 60.7 Å². The molecule has 0 aliphatic heterocycles. The van der Waals surface area contributed by atoms with Crippen LogP contribution < -0.4 is 0 Å². The average Bonchev–Trinajstić information content (AvgIpc) is 2.46. The predicted molar refractivity (Wildman–Crippen MR) is 80.3 cm³/mol. The van der Waals surface area contributed by atoms with Gasteiger partial charge in [-0.15, -0.1) is 0 Å². The summed E-state index contributed by atoms with van der Waals surface area (Å²) in [7, 11) is 0. The summed E-state index contributed by atoms with van der Waals surface area (Å²) in [6, 6.07) is 17.5. The Morgan fingerprint density at radius 2 is 1.58 bits per heavy atom. The van der Waals surface area contributed by atoms with Crippen molar-refractivity contribution >= 4 is 11.9 Å². The van der Waals surface area contributed by atoms with Crippen LogP contribution in [0.2, 0.25) is 0 Å². The van der Waals surface area contributed by atoms with E-state index in [2.05, 4.69) is 19.9 Å². The first-order chi connectivity index (χ1) is 9.18. The fourth-order valence-corrected chi connectivity index (χ4v) is 2.05. The summed E-state index contributed by atoms with van der Waals surface area (Å²) < 4.78 is 0. The van der Waals surface area contributed by atoms with Crippen molar-refractivity contribution in [2.45, 2.75) is 19.8 Å². The summed E-state index contributed by atoms with van der Waals surface area (Å²) in [5.41, 5.74) is 3.10. The van der Waals surface area contributed by atoms with Crippen LogP contribution in [0, 0.1) is 0 Å². The quantitative estimate of drug-likeness (QED) is 0.567. The average molecular weight is 250 g/mol. The molecule has 0 spiro atoms. The zero-order valence-electron chi connectivity index (χ0n) is 11.3. The van der Waals surface area contributed by atoms with Crippen LogP contribution in [-0.2, 0) is 0 Å². The summed E-state index contributed by atoms with van der Waals surface area (Å²) in [5.74, 6) is 0.492. The summed E-state index contributed by atoms with van der Waals surface area (Å²) in [4.78, 5) is 12.0. The van der Waals surface area contributed by atoms with Crippen molar-refractivity contribution in [2.24, 2.45) is 0 Å². The zero-order valence-corrected chi connectivity index (χ0v) is 11.3. The zero-order chi connectivity index (χ0) is 13.7. The second kappa shape index (κ2) is 6.14. The molecule has 0 unspecified atom stereocenters. The van der Waals surface area contributed by atoms with Crippen LogP contribution in [0.25, 0.3) is 6.08 Å². The van der Waals surface area contributed by atoms with Gasteiger partial charge in [0.25, 0.3) is 0 Å². The van der Waals surface area contributed by atoms with Gasteiger partial charge < -0.3 is 0 Å². The Morgan fingerprint density at radius 3 is 2.26 bits per heavy atom. The van der Waals surface area contributed by atoms with Crippen LogP contribution in [0.3, 0.4) is 0 Å². The third-order valence-electron chi connectivity index (χ3n) is 3.09. The molecule has 0 saturated carbocycles. The molecule has 0 aliphatic carbocycles. The Hall–Kier alpha value is -2.15. The van der Waals surface area contributed by atoms with Gasteiger partial charge in [-0.1, -0.05) is 74.5 Å². The van der Waals surface area contributed by atoms with E-state index < -0.39 is 0 Å². The highest BCUT2D eigenvalue weighted by Gasteiger charge is 2.04. The van der Waals surface area contributed by atoms with Gasteiger partial charge in [-0.05, 0) is 23.1 Å². The topological polar surface area (TPSA) is 17.1 Å². The van der Waals surface area contributed by atoms with E-state index in [1.165, 1.54) is 5.56 Å². The first kappa shape index (κ1) is 13.3. The van der Waals surface area contributed by atoms with Gasteiger partial charge in [0.05, 0.1) is 0 Å². The summed E-state index contributed by atoms with van der Waals surface area (Å²) in [6.07, 6.45) is 3.56. The lowest BCUT2D eigenvalue weighted by Crippen LogP contribution is -1.94. The maximum absolute atomic E-state index is 12.0. The third kappa shape index (κ3) is 3.41. The van der Waals surface area contributed by atoms with Crippen molar-refractivity contribution in [2.75, 3.05) is 0 Å². The lowest BCUT2D eigenvalue weighted by atomic mass is 9.96. The van der Waals surface area contributed by atoms with Crippen molar-refractivity contribution in [1.82, 2.24) is 0 Å². The maximum Gasteiger partial charge on any atom is 0.185 e. The number of carbonyl (C=O) groups is 1. The van der Waals surface area contributed by atoms with Gasteiger partial charge >= 0.3 is 0 Å². The maximum atomic E-state index is 12.0. The fraction of sp³-hybridized carbons (Fsp3) is 0.167. The molecule has 0 saturated heterocycles. The van der Waals surface area contributed by atoms with Crippen LogP contribution in [0.5, 0.6) is 0 Å². The molecular weight excluding hydrogens is 232 g/mol.